The maximum atomic E-state index is 4.10. The molecular formula is C20H25N3. The van der Waals surface area contributed by atoms with Crippen LogP contribution in [0.1, 0.15) is 23.1 Å². The minimum atomic E-state index is 0.743. The third-order valence-corrected chi connectivity index (χ3v) is 5.40. The van der Waals surface area contributed by atoms with Crippen LogP contribution >= 0.6 is 0 Å². The average Bonchev–Trinajstić information content (AvgIpc) is 2.63. The van der Waals surface area contributed by atoms with Crippen molar-refractivity contribution >= 4 is 0 Å². The second kappa shape index (κ2) is 6.81. The Morgan fingerprint density at radius 2 is 1.65 bits per heavy atom. The molecule has 4 rings (SSSR count). The van der Waals surface area contributed by atoms with E-state index in [9.17, 15) is 0 Å². The van der Waals surface area contributed by atoms with Crippen molar-refractivity contribution in [1.29, 1.82) is 0 Å². The van der Waals surface area contributed by atoms with Gasteiger partial charge in [-0.25, -0.2) is 0 Å². The summed E-state index contributed by atoms with van der Waals surface area (Å²) in [6.07, 6.45) is 7.59. The molecule has 0 bridgehead atoms. The van der Waals surface area contributed by atoms with Gasteiger partial charge >= 0.3 is 0 Å². The average molecular weight is 307 g/mol. The van der Waals surface area contributed by atoms with E-state index in [1.54, 1.807) is 11.1 Å². The van der Waals surface area contributed by atoms with Crippen molar-refractivity contribution < 1.29 is 0 Å². The van der Waals surface area contributed by atoms with Crippen molar-refractivity contribution in [1.82, 2.24) is 14.8 Å². The number of piperazine rings is 1. The molecule has 1 saturated heterocycles. The van der Waals surface area contributed by atoms with Gasteiger partial charge < -0.3 is 0 Å². The Bertz CT molecular complexity index is 632. The predicted molar refractivity (Wildman–Crippen MR) is 93.3 cm³/mol. The Morgan fingerprint density at radius 1 is 0.913 bits per heavy atom. The van der Waals surface area contributed by atoms with Gasteiger partial charge in [0.25, 0.3) is 0 Å². The van der Waals surface area contributed by atoms with Crippen LogP contribution in [-0.4, -0.2) is 47.0 Å². The van der Waals surface area contributed by atoms with Gasteiger partial charge in [0, 0.05) is 51.2 Å². The first kappa shape index (κ1) is 14.9. The number of fused-ring (bicyclic) bond motifs is 1. The standard InChI is InChI=1S/C20H25N3/c1-2-4-19-15-20(6-5-18(19)3-1)23-13-11-22(12-14-23)16-17-7-9-21-10-8-17/h1-4,7-10,20H,5-6,11-16H2/t20-/m1/s1. The molecule has 2 aliphatic rings. The van der Waals surface area contributed by atoms with E-state index in [0.717, 1.165) is 12.6 Å². The number of pyridine rings is 1. The molecule has 3 nitrogen and oxygen atoms in total. The van der Waals surface area contributed by atoms with Crippen molar-refractivity contribution in [2.45, 2.75) is 31.8 Å². The van der Waals surface area contributed by atoms with Crippen LogP contribution in [0.5, 0.6) is 0 Å². The lowest BCUT2D eigenvalue weighted by Crippen LogP contribution is -2.51. The Balaban J connectivity index is 1.32. The number of benzene rings is 1. The van der Waals surface area contributed by atoms with Crippen molar-refractivity contribution in [2.75, 3.05) is 26.2 Å². The molecule has 0 spiro atoms. The second-order valence-corrected chi connectivity index (χ2v) is 6.83. The molecule has 1 aliphatic carbocycles. The lowest BCUT2D eigenvalue weighted by molar-refractivity contribution is 0.0856. The summed E-state index contributed by atoms with van der Waals surface area (Å²) in [7, 11) is 0. The van der Waals surface area contributed by atoms with Gasteiger partial charge in [0.05, 0.1) is 0 Å². The van der Waals surface area contributed by atoms with Gasteiger partial charge in [-0.3, -0.25) is 14.8 Å². The van der Waals surface area contributed by atoms with E-state index in [1.165, 1.54) is 51.0 Å². The smallest absolute Gasteiger partial charge is 0.0271 e. The first-order valence-electron chi connectivity index (χ1n) is 8.80. The summed E-state index contributed by atoms with van der Waals surface area (Å²) in [4.78, 5) is 9.40. The normalized spacial score (nSPS) is 22.7. The molecule has 0 amide bonds. The van der Waals surface area contributed by atoms with Crippen LogP contribution in [0.2, 0.25) is 0 Å². The number of hydrogen-bond donors (Lipinski definition) is 0. The molecule has 2 aromatic rings. The van der Waals surface area contributed by atoms with Gasteiger partial charge in [-0.15, -0.1) is 0 Å². The van der Waals surface area contributed by atoms with Crippen LogP contribution in [0.3, 0.4) is 0 Å². The van der Waals surface area contributed by atoms with Gasteiger partial charge in [-0.05, 0) is 48.1 Å². The molecule has 1 aliphatic heterocycles. The maximum Gasteiger partial charge on any atom is 0.0271 e. The summed E-state index contributed by atoms with van der Waals surface area (Å²) < 4.78 is 0. The first-order valence-corrected chi connectivity index (χ1v) is 8.80. The fourth-order valence-electron chi connectivity index (χ4n) is 4.02. The molecule has 3 heteroatoms. The molecule has 23 heavy (non-hydrogen) atoms. The quantitative estimate of drug-likeness (QED) is 0.869. The Morgan fingerprint density at radius 3 is 2.43 bits per heavy atom. The topological polar surface area (TPSA) is 19.4 Å². The SMILES string of the molecule is c1ccc2c(c1)CC[C@@H](N1CCN(Cc3ccncc3)CC1)C2. The summed E-state index contributed by atoms with van der Waals surface area (Å²) in [6, 6.07) is 14.0. The zero-order chi connectivity index (χ0) is 15.5. The van der Waals surface area contributed by atoms with Crippen molar-refractivity contribution in [3.63, 3.8) is 0 Å². The van der Waals surface area contributed by atoms with Gasteiger partial charge in [-0.2, -0.15) is 0 Å². The molecular weight excluding hydrogens is 282 g/mol. The highest BCUT2D eigenvalue weighted by molar-refractivity contribution is 5.30. The summed E-state index contributed by atoms with van der Waals surface area (Å²) >= 11 is 0. The molecule has 1 atom stereocenters. The van der Waals surface area contributed by atoms with Crippen molar-refractivity contribution in [2.24, 2.45) is 0 Å². The summed E-state index contributed by atoms with van der Waals surface area (Å²) in [5, 5.41) is 0. The Kier molecular flexibility index (Phi) is 4.40. The highest BCUT2D eigenvalue weighted by Crippen LogP contribution is 2.25. The molecule has 1 aromatic carbocycles. The third kappa shape index (κ3) is 3.46. The highest BCUT2D eigenvalue weighted by atomic mass is 15.3. The zero-order valence-corrected chi connectivity index (χ0v) is 13.7. The van der Waals surface area contributed by atoms with Gasteiger partial charge in [0.2, 0.25) is 0 Å². The monoisotopic (exact) mass is 307 g/mol. The third-order valence-electron chi connectivity index (χ3n) is 5.40. The number of aromatic nitrogens is 1. The highest BCUT2D eigenvalue weighted by Gasteiger charge is 2.26. The number of aryl methyl sites for hydroxylation is 1. The first-order chi connectivity index (χ1) is 11.4. The largest absolute Gasteiger partial charge is 0.298 e. The minimum absolute atomic E-state index is 0.743. The minimum Gasteiger partial charge on any atom is -0.298 e. The predicted octanol–water partition coefficient (Wildman–Crippen LogP) is 2.76. The van der Waals surface area contributed by atoms with E-state index in [1.807, 2.05) is 12.4 Å². The molecule has 0 unspecified atom stereocenters. The number of nitrogens with zero attached hydrogens (tertiary/aromatic N) is 3. The zero-order valence-electron chi connectivity index (χ0n) is 13.7. The van der Waals surface area contributed by atoms with Crippen LogP contribution in [-0.2, 0) is 19.4 Å². The lowest BCUT2D eigenvalue weighted by Gasteiger charge is -2.41. The van der Waals surface area contributed by atoms with Gasteiger partial charge in [0.1, 0.15) is 0 Å². The van der Waals surface area contributed by atoms with Crippen molar-refractivity contribution in [3.8, 4) is 0 Å². The van der Waals surface area contributed by atoms with E-state index in [0.29, 0.717) is 0 Å². The molecule has 1 aromatic heterocycles. The van der Waals surface area contributed by atoms with E-state index < -0.39 is 0 Å². The van der Waals surface area contributed by atoms with Gasteiger partial charge in [-0.1, -0.05) is 24.3 Å². The van der Waals surface area contributed by atoms with Gasteiger partial charge in [0.15, 0.2) is 0 Å². The molecule has 120 valence electrons. The van der Waals surface area contributed by atoms with E-state index >= 15 is 0 Å². The Hall–Kier alpha value is -1.71. The summed E-state index contributed by atoms with van der Waals surface area (Å²) in [6.45, 7) is 5.83. The van der Waals surface area contributed by atoms with Crippen LogP contribution in [0.15, 0.2) is 48.8 Å². The molecule has 0 N–H and O–H groups in total. The van der Waals surface area contributed by atoms with Crippen LogP contribution in [0.25, 0.3) is 0 Å². The number of hydrogen-bond acceptors (Lipinski definition) is 3. The fourth-order valence-corrected chi connectivity index (χ4v) is 4.02. The van der Waals surface area contributed by atoms with Crippen LogP contribution < -0.4 is 0 Å². The summed E-state index contributed by atoms with van der Waals surface area (Å²) in [5.41, 5.74) is 4.52. The van der Waals surface area contributed by atoms with E-state index in [-0.39, 0.29) is 0 Å². The molecule has 2 heterocycles. The maximum absolute atomic E-state index is 4.10. The summed E-state index contributed by atoms with van der Waals surface area (Å²) in [5.74, 6) is 0. The van der Waals surface area contributed by atoms with E-state index in [4.69, 9.17) is 0 Å². The fraction of sp³-hybridized carbons (Fsp3) is 0.450. The number of rotatable bonds is 3. The molecule has 1 fully saturated rings. The van der Waals surface area contributed by atoms with Crippen molar-refractivity contribution in [3.05, 3.63) is 65.5 Å². The van der Waals surface area contributed by atoms with Crippen LogP contribution in [0.4, 0.5) is 0 Å². The van der Waals surface area contributed by atoms with E-state index in [2.05, 4.69) is 51.2 Å². The molecule has 0 radical (unpaired) electrons. The Labute approximate surface area is 139 Å². The second-order valence-electron chi connectivity index (χ2n) is 6.83. The molecule has 0 saturated carbocycles. The van der Waals surface area contributed by atoms with Crippen LogP contribution in [0, 0.1) is 0 Å². The lowest BCUT2D eigenvalue weighted by atomic mass is 9.87.